The van der Waals surface area contributed by atoms with Gasteiger partial charge in [0, 0.05) is 18.7 Å². The number of halogens is 2. The number of allylic oxidation sites excluding steroid dienone is 3. The summed E-state index contributed by atoms with van der Waals surface area (Å²) in [6.45, 7) is 0. The lowest BCUT2D eigenvalue weighted by atomic mass is 10.1. The molecule has 1 aliphatic rings. The lowest BCUT2D eigenvalue weighted by Gasteiger charge is -1.99. The van der Waals surface area contributed by atoms with Gasteiger partial charge in [-0.15, -0.1) is 0 Å². The van der Waals surface area contributed by atoms with Gasteiger partial charge in [0.15, 0.2) is 0 Å². The average molecular weight is 179 g/mol. The van der Waals surface area contributed by atoms with Crippen LogP contribution in [-0.4, -0.2) is 4.98 Å². The van der Waals surface area contributed by atoms with E-state index in [-0.39, 0.29) is 6.42 Å². The van der Waals surface area contributed by atoms with E-state index in [1.54, 1.807) is 18.3 Å². The molecule has 0 aliphatic heterocycles. The van der Waals surface area contributed by atoms with Crippen molar-refractivity contribution in [3.63, 3.8) is 0 Å². The summed E-state index contributed by atoms with van der Waals surface area (Å²) in [5.74, 6) is -1.06. The molecule has 3 heteroatoms. The first-order chi connectivity index (χ1) is 6.25. The predicted molar refractivity (Wildman–Crippen MR) is 46.2 cm³/mol. The summed E-state index contributed by atoms with van der Waals surface area (Å²) in [4.78, 5) is 3.95. The van der Waals surface area contributed by atoms with E-state index in [2.05, 4.69) is 4.98 Å². The first-order valence-electron chi connectivity index (χ1n) is 3.93. The Labute approximate surface area is 74.4 Å². The smallest absolute Gasteiger partial charge is 0.127 e. The van der Waals surface area contributed by atoms with Gasteiger partial charge < -0.3 is 0 Å². The van der Waals surface area contributed by atoms with Crippen molar-refractivity contribution in [1.82, 2.24) is 4.98 Å². The van der Waals surface area contributed by atoms with Crippen LogP contribution in [0.5, 0.6) is 0 Å². The van der Waals surface area contributed by atoms with Crippen molar-refractivity contribution >= 4 is 6.08 Å². The molecule has 1 aromatic heterocycles. The van der Waals surface area contributed by atoms with E-state index in [4.69, 9.17) is 0 Å². The maximum Gasteiger partial charge on any atom is 0.127 e. The van der Waals surface area contributed by atoms with Crippen LogP contribution in [0, 0.1) is 0 Å². The Hall–Kier alpha value is -1.51. The predicted octanol–water partition coefficient (Wildman–Crippen LogP) is 2.80. The molecule has 1 nitrogen and oxygen atoms in total. The third-order valence-electron chi connectivity index (χ3n) is 1.85. The number of nitrogens with zero attached hydrogens (tertiary/aromatic N) is 1. The van der Waals surface area contributed by atoms with Gasteiger partial charge in [0.05, 0.1) is 5.69 Å². The van der Waals surface area contributed by atoms with Gasteiger partial charge in [-0.25, -0.2) is 8.78 Å². The molecule has 0 fully saturated rings. The van der Waals surface area contributed by atoms with Gasteiger partial charge in [-0.05, 0) is 17.7 Å². The number of fused-ring (bicyclic) bond motifs is 1. The first kappa shape index (κ1) is 8.10. The third kappa shape index (κ3) is 1.64. The van der Waals surface area contributed by atoms with E-state index < -0.39 is 11.7 Å². The number of hydrogen-bond acceptors (Lipinski definition) is 1. The molecule has 1 aliphatic carbocycles. The summed E-state index contributed by atoms with van der Waals surface area (Å²) < 4.78 is 25.8. The molecule has 0 bridgehead atoms. The van der Waals surface area contributed by atoms with Crippen molar-refractivity contribution in [3.8, 4) is 0 Å². The molecule has 0 spiro atoms. The number of pyridine rings is 1. The highest BCUT2D eigenvalue weighted by atomic mass is 19.1. The molecule has 0 N–H and O–H groups in total. The molecule has 0 saturated heterocycles. The summed E-state index contributed by atoms with van der Waals surface area (Å²) in [6, 6.07) is 3.45. The van der Waals surface area contributed by atoms with Crippen LogP contribution >= 0.6 is 0 Å². The molecule has 2 rings (SSSR count). The molecule has 13 heavy (non-hydrogen) atoms. The van der Waals surface area contributed by atoms with Crippen LogP contribution in [0.1, 0.15) is 11.3 Å². The maximum atomic E-state index is 12.9. The summed E-state index contributed by atoms with van der Waals surface area (Å²) in [5.41, 5.74) is 1.22. The molecule has 1 heterocycles. The van der Waals surface area contributed by atoms with Gasteiger partial charge in [0.25, 0.3) is 0 Å². The van der Waals surface area contributed by atoms with Crippen LogP contribution in [0.3, 0.4) is 0 Å². The SMILES string of the molecule is FC1=Cc2ncccc2CC(F)=C1. The molecule has 0 atom stereocenters. The van der Waals surface area contributed by atoms with Gasteiger partial charge >= 0.3 is 0 Å². The maximum absolute atomic E-state index is 12.9. The van der Waals surface area contributed by atoms with Crippen LogP contribution < -0.4 is 0 Å². The molecule has 66 valence electrons. The van der Waals surface area contributed by atoms with E-state index in [9.17, 15) is 8.78 Å². The van der Waals surface area contributed by atoms with Crippen LogP contribution in [-0.2, 0) is 6.42 Å². The third-order valence-corrected chi connectivity index (χ3v) is 1.85. The van der Waals surface area contributed by atoms with Crippen molar-refractivity contribution in [2.24, 2.45) is 0 Å². The molecule has 1 aromatic rings. The second-order valence-electron chi connectivity index (χ2n) is 2.84. The minimum atomic E-state index is -0.588. The average Bonchev–Trinajstić information content (AvgIpc) is 2.20. The van der Waals surface area contributed by atoms with Gasteiger partial charge in [-0.2, -0.15) is 0 Å². The van der Waals surface area contributed by atoms with Crippen LogP contribution in [0.15, 0.2) is 36.1 Å². The monoisotopic (exact) mass is 179 g/mol. The van der Waals surface area contributed by atoms with Crippen molar-refractivity contribution in [3.05, 3.63) is 47.3 Å². The van der Waals surface area contributed by atoms with Crippen molar-refractivity contribution in [2.45, 2.75) is 6.42 Å². The Bertz CT molecular complexity index is 394. The quantitative estimate of drug-likeness (QED) is 0.596. The summed E-state index contributed by atoms with van der Waals surface area (Å²) in [6.07, 6.45) is 3.81. The Morgan fingerprint density at radius 2 is 2.08 bits per heavy atom. The summed E-state index contributed by atoms with van der Waals surface area (Å²) >= 11 is 0. The van der Waals surface area contributed by atoms with Crippen molar-refractivity contribution in [2.75, 3.05) is 0 Å². The fraction of sp³-hybridized carbons (Fsp3) is 0.100. The molecule has 0 aromatic carbocycles. The van der Waals surface area contributed by atoms with Crippen molar-refractivity contribution in [1.29, 1.82) is 0 Å². The number of aromatic nitrogens is 1. The first-order valence-corrected chi connectivity index (χ1v) is 3.93. The van der Waals surface area contributed by atoms with Gasteiger partial charge in [0.1, 0.15) is 11.7 Å². The summed E-state index contributed by atoms with van der Waals surface area (Å²) in [5, 5.41) is 0. The minimum absolute atomic E-state index is 0.118. The fourth-order valence-corrected chi connectivity index (χ4v) is 1.29. The molecular weight excluding hydrogens is 172 g/mol. The van der Waals surface area contributed by atoms with E-state index in [1.165, 1.54) is 6.08 Å². The molecule has 0 amide bonds. The largest absolute Gasteiger partial charge is 0.256 e. The Kier molecular flexibility index (Phi) is 1.93. The zero-order valence-electron chi connectivity index (χ0n) is 6.80. The fourth-order valence-electron chi connectivity index (χ4n) is 1.29. The Morgan fingerprint density at radius 3 is 2.92 bits per heavy atom. The highest BCUT2D eigenvalue weighted by Crippen LogP contribution is 2.21. The normalized spacial score (nSPS) is 15.5. The highest BCUT2D eigenvalue weighted by Gasteiger charge is 2.09. The molecule has 0 unspecified atom stereocenters. The minimum Gasteiger partial charge on any atom is -0.256 e. The Morgan fingerprint density at radius 1 is 1.23 bits per heavy atom. The van der Waals surface area contributed by atoms with E-state index in [0.29, 0.717) is 11.3 Å². The standard InChI is InChI=1S/C10H7F2N/c11-8-4-7-2-1-3-13-10(7)6-9(12)5-8/h1-3,5-6H,4H2. The van der Waals surface area contributed by atoms with Crippen molar-refractivity contribution < 1.29 is 8.78 Å². The van der Waals surface area contributed by atoms with E-state index in [1.807, 2.05) is 0 Å². The molecule has 0 saturated carbocycles. The van der Waals surface area contributed by atoms with Gasteiger partial charge in [-0.1, -0.05) is 6.07 Å². The van der Waals surface area contributed by atoms with Gasteiger partial charge in [0.2, 0.25) is 0 Å². The molecule has 0 radical (unpaired) electrons. The number of rotatable bonds is 0. The summed E-state index contributed by atoms with van der Waals surface area (Å²) in [7, 11) is 0. The van der Waals surface area contributed by atoms with Crippen LogP contribution in [0.4, 0.5) is 8.78 Å². The lowest BCUT2D eigenvalue weighted by Crippen LogP contribution is -1.90. The topological polar surface area (TPSA) is 12.9 Å². The van der Waals surface area contributed by atoms with Crippen LogP contribution in [0.2, 0.25) is 0 Å². The zero-order chi connectivity index (χ0) is 9.26. The lowest BCUT2D eigenvalue weighted by molar-refractivity contribution is 0.598. The second kappa shape index (κ2) is 3.09. The zero-order valence-corrected chi connectivity index (χ0v) is 6.80. The second-order valence-corrected chi connectivity index (χ2v) is 2.84. The highest BCUT2D eigenvalue weighted by molar-refractivity contribution is 5.56. The Balaban J connectivity index is 2.55. The van der Waals surface area contributed by atoms with Gasteiger partial charge in [-0.3, -0.25) is 4.98 Å². The van der Waals surface area contributed by atoms with E-state index >= 15 is 0 Å². The number of hydrogen-bond donors (Lipinski definition) is 0. The molecular formula is C10H7F2N. The van der Waals surface area contributed by atoms with E-state index in [0.717, 1.165) is 6.08 Å². The van der Waals surface area contributed by atoms with Crippen LogP contribution in [0.25, 0.3) is 6.08 Å².